The molecule has 0 aliphatic carbocycles. The second-order valence-electron chi connectivity index (χ2n) is 7.41. The Bertz CT molecular complexity index is 1340. The van der Waals surface area contributed by atoms with E-state index in [9.17, 15) is 4.79 Å². The van der Waals surface area contributed by atoms with Gasteiger partial charge in [-0.3, -0.25) is 4.79 Å². The van der Waals surface area contributed by atoms with Crippen LogP contribution in [0.3, 0.4) is 0 Å². The molecule has 1 heterocycles. The second-order valence-corrected chi connectivity index (χ2v) is 10.2. The molecule has 3 aromatic carbocycles. The number of hydrogen-bond acceptors (Lipinski definition) is 6. The Morgan fingerprint density at radius 2 is 1.86 bits per heavy atom. The lowest BCUT2D eigenvalue weighted by molar-refractivity contribution is -0.118. The van der Waals surface area contributed by atoms with E-state index >= 15 is 0 Å². The molecule has 0 aliphatic rings. The highest BCUT2D eigenvalue weighted by Gasteiger charge is 2.13. The Morgan fingerprint density at radius 3 is 2.66 bits per heavy atom. The SMILES string of the molecule is Cn1c(SCC(=O)N/N=C/c2ccccc2OCc2cccc(Br)c2)nnc1-c1ccc(Br)cc1. The zero-order valence-corrected chi connectivity index (χ0v) is 22.7. The Hall–Kier alpha value is -2.95. The number of aromatic nitrogens is 3. The van der Waals surface area contributed by atoms with Crippen molar-refractivity contribution in [2.24, 2.45) is 12.1 Å². The number of nitrogens with zero attached hydrogens (tertiary/aromatic N) is 4. The fourth-order valence-corrected chi connectivity index (χ4v) is 4.55. The van der Waals surface area contributed by atoms with Gasteiger partial charge in [-0.15, -0.1) is 10.2 Å². The molecule has 0 fully saturated rings. The number of carbonyl (C=O) groups is 1. The number of para-hydroxylation sites is 1. The molecule has 178 valence electrons. The van der Waals surface area contributed by atoms with Crippen molar-refractivity contribution in [3.8, 4) is 17.1 Å². The first-order valence-corrected chi connectivity index (χ1v) is 13.1. The van der Waals surface area contributed by atoms with E-state index in [2.05, 4.69) is 52.6 Å². The van der Waals surface area contributed by atoms with Gasteiger partial charge in [-0.2, -0.15) is 5.10 Å². The average Bonchev–Trinajstić information content (AvgIpc) is 3.23. The highest BCUT2D eigenvalue weighted by molar-refractivity contribution is 9.10. The standard InChI is InChI=1S/C25H21Br2N5O2S/c1-32-24(18-9-11-20(26)12-10-18)30-31-25(32)35-16-23(33)29-28-14-19-6-2-3-8-22(19)34-15-17-5-4-7-21(27)13-17/h2-14H,15-16H2,1H3,(H,29,33)/b28-14+. The van der Waals surface area contributed by atoms with E-state index in [1.54, 1.807) is 6.21 Å². The zero-order valence-electron chi connectivity index (χ0n) is 18.7. The topological polar surface area (TPSA) is 81.4 Å². The molecule has 1 N–H and O–H groups in total. The maximum absolute atomic E-state index is 12.3. The van der Waals surface area contributed by atoms with Gasteiger partial charge in [0.1, 0.15) is 12.4 Å². The smallest absolute Gasteiger partial charge is 0.250 e. The molecule has 0 radical (unpaired) electrons. The van der Waals surface area contributed by atoms with Crippen molar-refractivity contribution in [1.29, 1.82) is 0 Å². The largest absolute Gasteiger partial charge is 0.488 e. The molecule has 0 atom stereocenters. The molecule has 0 saturated heterocycles. The number of benzene rings is 3. The van der Waals surface area contributed by atoms with Gasteiger partial charge in [-0.1, -0.05) is 80.0 Å². The molecule has 0 bridgehead atoms. The maximum Gasteiger partial charge on any atom is 0.250 e. The minimum Gasteiger partial charge on any atom is -0.488 e. The summed E-state index contributed by atoms with van der Waals surface area (Å²) in [5, 5.41) is 13.2. The molecule has 4 aromatic rings. The molecule has 0 unspecified atom stereocenters. The lowest BCUT2D eigenvalue weighted by Gasteiger charge is -2.09. The fraction of sp³-hybridized carbons (Fsp3) is 0.120. The van der Waals surface area contributed by atoms with Crippen molar-refractivity contribution in [3.63, 3.8) is 0 Å². The van der Waals surface area contributed by atoms with Crippen LogP contribution in [0.4, 0.5) is 0 Å². The first kappa shape index (κ1) is 25.2. The van der Waals surface area contributed by atoms with Crippen LogP contribution in [-0.4, -0.2) is 32.6 Å². The van der Waals surface area contributed by atoms with Crippen molar-refractivity contribution in [2.45, 2.75) is 11.8 Å². The summed E-state index contributed by atoms with van der Waals surface area (Å²) >= 11 is 8.19. The van der Waals surface area contributed by atoms with E-state index < -0.39 is 0 Å². The predicted molar refractivity (Wildman–Crippen MR) is 146 cm³/mol. The van der Waals surface area contributed by atoms with Crippen molar-refractivity contribution in [2.75, 3.05) is 5.75 Å². The molecule has 0 spiro atoms. The third-order valence-corrected chi connectivity index (χ3v) is 6.91. The summed E-state index contributed by atoms with van der Waals surface area (Å²) in [4.78, 5) is 12.3. The van der Waals surface area contributed by atoms with E-state index in [1.165, 1.54) is 11.8 Å². The third-order valence-electron chi connectivity index (χ3n) is 4.86. The number of rotatable bonds is 9. The summed E-state index contributed by atoms with van der Waals surface area (Å²) in [5.41, 5.74) is 5.32. The minimum absolute atomic E-state index is 0.157. The van der Waals surface area contributed by atoms with E-state index in [-0.39, 0.29) is 11.7 Å². The molecule has 10 heteroatoms. The van der Waals surface area contributed by atoms with E-state index in [1.807, 2.05) is 84.4 Å². The highest BCUT2D eigenvalue weighted by Crippen LogP contribution is 2.24. The summed E-state index contributed by atoms with van der Waals surface area (Å²) in [6.45, 7) is 0.424. The van der Waals surface area contributed by atoms with Crippen LogP contribution in [0.2, 0.25) is 0 Å². The summed E-state index contributed by atoms with van der Waals surface area (Å²) in [6.07, 6.45) is 1.58. The van der Waals surface area contributed by atoms with Crippen molar-refractivity contribution in [1.82, 2.24) is 20.2 Å². The first-order valence-electron chi connectivity index (χ1n) is 10.6. The molecule has 0 aliphatic heterocycles. The van der Waals surface area contributed by atoms with E-state index in [4.69, 9.17) is 4.74 Å². The predicted octanol–water partition coefficient (Wildman–Crippen LogP) is 5.83. The lowest BCUT2D eigenvalue weighted by Crippen LogP contribution is -2.20. The number of halogens is 2. The zero-order chi connectivity index (χ0) is 24.6. The van der Waals surface area contributed by atoms with Gasteiger partial charge in [0.05, 0.1) is 12.0 Å². The van der Waals surface area contributed by atoms with Gasteiger partial charge in [-0.25, -0.2) is 5.43 Å². The number of hydrogen-bond donors (Lipinski definition) is 1. The second kappa shape index (κ2) is 12.1. The molecule has 1 aromatic heterocycles. The van der Waals surface area contributed by atoms with Gasteiger partial charge in [0.25, 0.3) is 5.91 Å². The molecular weight excluding hydrogens is 594 g/mol. The Balaban J connectivity index is 1.30. The summed E-state index contributed by atoms with van der Waals surface area (Å²) in [6, 6.07) is 23.3. The number of thioether (sulfide) groups is 1. The van der Waals surface area contributed by atoms with Crippen LogP contribution in [0.5, 0.6) is 5.75 Å². The molecule has 1 amide bonds. The Morgan fingerprint density at radius 1 is 1.06 bits per heavy atom. The van der Waals surface area contributed by atoms with Crippen LogP contribution in [0.25, 0.3) is 11.4 Å². The monoisotopic (exact) mass is 613 g/mol. The number of hydrazone groups is 1. The first-order chi connectivity index (χ1) is 17.0. The Labute approximate surface area is 224 Å². The van der Waals surface area contributed by atoms with Crippen LogP contribution in [-0.2, 0) is 18.4 Å². The van der Waals surface area contributed by atoms with Gasteiger partial charge in [0.2, 0.25) is 0 Å². The van der Waals surface area contributed by atoms with Crippen LogP contribution in [0.15, 0.2) is 92.0 Å². The highest BCUT2D eigenvalue weighted by atomic mass is 79.9. The van der Waals surface area contributed by atoms with Gasteiger partial charge in [0.15, 0.2) is 11.0 Å². The normalized spacial score (nSPS) is 11.1. The maximum atomic E-state index is 12.3. The van der Waals surface area contributed by atoms with Crippen LogP contribution in [0.1, 0.15) is 11.1 Å². The minimum atomic E-state index is -0.244. The summed E-state index contributed by atoms with van der Waals surface area (Å²) in [5.74, 6) is 1.33. The van der Waals surface area contributed by atoms with Crippen LogP contribution >= 0.6 is 43.6 Å². The number of amides is 1. The van der Waals surface area contributed by atoms with Crippen molar-refractivity contribution < 1.29 is 9.53 Å². The molecule has 0 saturated carbocycles. The molecule has 4 rings (SSSR count). The average molecular weight is 615 g/mol. The van der Waals surface area contributed by atoms with Crippen LogP contribution in [0, 0.1) is 0 Å². The van der Waals surface area contributed by atoms with Crippen molar-refractivity contribution in [3.05, 3.63) is 92.9 Å². The van der Waals surface area contributed by atoms with Gasteiger partial charge >= 0.3 is 0 Å². The van der Waals surface area contributed by atoms with Gasteiger partial charge in [0, 0.05) is 27.1 Å². The number of ether oxygens (including phenoxy) is 1. The third kappa shape index (κ3) is 7.03. The van der Waals surface area contributed by atoms with Gasteiger partial charge in [-0.05, 0) is 42.0 Å². The molecule has 35 heavy (non-hydrogen) atoms. The van der Waals surface area contributed by atoms with Crippen LogP contribution < -0.4 is 10.2 Å². The van der Waals surface area contributed by atoms with Crippen molar-refractivity contribution >= 4 is 55.7 Å². The Kier molecular flexibility index (Phi) is 8.73. The summed E-state index contributed by atoms with van der Waals surface area (Å²) < 4.78 is 9.81. The van der Waals surface area contributed by atoms with E-state index in [0.29, 0.717) is 17.5 Å². The van der Waals surface area contributed by atoms with E-state index in [0.717, 1.165) is 31.5 Å². The number of nitrogens with one attached hydrogen (secondary N) is 1. The lowest BCUT2D eigenvalue weighted by atomic mass is 10.2. The quantitative estimate of drug-likeness (QED) is 0.146. The summed E-state index contributed by atoms with van der Waals surface area (Å²) in [7, 11) is 1.88. The molecular formula is C25H21Br2N5O2S. The van der Waals surface area contributed by atoms with Gasteiger partial charge < -0.3 is 9.30 Å². The fourth-order valence-electron chi connectivity index (χ4n) is 3.13. The molecule has 7 nitrogen and oxygen atoms in total. The number of carbonyl (C=O) groups excluding carboxylic acids is 1.